The lowest BCUT2D eigenvalue weighted by Gasteiger charge is -2.22. The van der Waals surface area contributed by atoms with E-state index in [1.54, 1.807) is 6.92 Å². The average Bonchev–Trinajstić information content (AvgIpc) is 2.82. The Morgan fingerprint density at radius 3 is 2.70 bits per heavy atom. The first-order valence-electron chi connectivity index (χ1n) is 8.62. The van der Waals surface area contributed by atoms with Gasteiger partial charge in [0, 0.05) is 64.2 Å². The Morgan fingerprint density at radius 1 is 1.17 bits per heavy atom. The molecule has 2 fully saturated rings. The van der Waals surface area contributed by atoms with Crippen LogP contribution in [0.1, 0.15) is 50.1 Å². The number of nitrogens with zero attached hydrogens (tertiary/aromatic N) is 4. The minimum atomic E-state index is 0.0695. The minimum Gasteiger partial charge on any atom is -0.370 e. The summed E-state index contributed by atoms with van der Waals surface area (Å²) in [7, 11) is 0. The molecular weight excluding hydrogens is 292 g/mol. The van der Waals surface area contributed by atoms with E-state index in [1.165, 1.54) is 6.42 Å². The third-order valence-electron chi connectivity index (χ3n) is 4.63. The van der Waals surface area contributed by atoms with Gasteiger partial charge in [0.05, 0.1) is 0 Å². The maximum absolute atomic E-state index is 11.5. The molecule has 0 radical (unpaired) electrons. The summed E-state index contributed by atoms with van der Waals surface area (Å²) in [6.45, 7) is 6.90. The number of hydrogen-bond acceptors (Lipinski definition) is 5. The molecule has 2 saturated heterocycles. The fourth-order valence-electron chi connectivity index (χ4n) is 3.26. The molecule has 1 aromatic rings. The van der Waals surface area contributed by atoms with E-state index in [9.17, 15) is 4.79 Å². The SMILES string of the molecule is CC(=O)N1CCCN(Cc2cnc([C@H]3CCCCO3)nc2)CC1. The van der Waals surface area contributed by atoms with Gasteiger partial charge in [0.1, 0.15) is 6.10 Å². The normalized spacial score (nSPS) is 23.5. The quantitative estimate of drug-likeness (QED) is 0.850. The van der Waals surface area contributed by atoms with E-state index in [0.29, 0.717) is 0 Å². The van der Waals surface area contributed by atoms with Crippen molar-refractivity contribution in [3.05, 3.63) is 23.8 Å². The fourth-order valence-corrected chi connectivity index (χ4v) is 3.26. The Labute approximate surface area is 137 Å². The molecule has 1 atom stereocenters. The van der Waals surface area contributed by atoms with Crippen LogP contribution in [0.15, 0.2) is 12.4 Å². The summed E-state index contributed by atoms with van der Waals surface area (Å²) in [5, 5.41) is 0. The van der Waals surface area contributed by atoms with Crippen LogP contribution >= 0.6 is 0 Å². The van der Waals surface area contributed by atoms with Gasteiger partial charge < -0.3 is 9.64 Å². The van der Waals surface area contributed by atoms with Gasteiger partial charge in [-0.05, 0) is 25.7 Å². The van der Waals surface area contributed by atoms with Crippen molar-refractivity contribution in [2.24, 2.45) is 0 Å². The zero-order valence-electron chi connectivity index (χ0n) is 13.9. The van der Waals surface area contributed by atoms with Crippen LogP contribution in [0.25, 0.3) is 0 Å². The number of hydrogen-bond donors (Lipinski definition) is 0. The van der Waals surface area contributed by atoms with Gasteiger partial charge in [-0.3, -0.25) is 9.69 Å². The van der Waals surface area contributed by atoms with Crippen molar-refractivity contribution < 1.29 is 9.53 Å². The molecule has 6 nitrogen and oxygen atoms in total. The Hall–Kier alpha value is -1.53. The van der Waals surface area contributed by atoms with Crippen LogP contribution in [-0.4, -0.2) is 58.5 Å². The molecule has 0 spiro atoms. The van der Waals surface area contributed by atoms with Gasteiger partial charge in [-0.15, -0.1) is 0 Å². The molecule has 0 N–H and O–H groups in total. The summed E-state index contributed by atoms with van der Waals surface area (Å²) in [5.74, 6) is 0.985. The van der Waals surface area contributed by atoms with Gasteiger partial charge >= 0.3 is 0 Å². The van der Waals surface area contributed by atoms with Gasteiger partial charge in [-0.25, -0.2) is 9.97 Å². The molecule has 23 heavy (non-hydrogen) atoms. The predicted octanol–water partition coefficient (Wildman–Crippen LogP) is 1.77. The fraction of sp³-hybridized carbons (Fsp3) is 0.706. The first kappa shape index (κ1) is 16.3. The number of rotatable bonds is 3. The van der Waals surface area contributed by atoms with Gasteiger partial charge in [0.15, 0.2) is 5.82 Å². The molecule has 1 aromatic heterocycles. The van der Waals surface area contributed by atoms with Gasteiger partial charge in [0.25, 0.3) is 0 Å². The Kier molecular flexibility index (Phi) is 5.56. The molecule has 3 rings (SSSR count). The van der Waals surface area contributed by atoms with E-state index >= 15 is 0 Å². The molecule has 0 aliphatic carbocycles. The molecular formula is C17H26N4O2. The second-order valence-corrected chi connectivity index (χ2v) is 6.44. The standard InChI is InChI=1S/C17H26N4O2/c1-14(22)21-7-4-6-20(8-9-21)13-15-11-18-17(19-12-15)16-5-2-3-10-23-16/h11-12,16H,2-10,13H2,1H3/t16-/m1/s1. The maximum atomic E-state index is 11.5. The Balaban J connectivity index is 1.54. The van der Waals surface area contributed by atoms with Crippen LogP contribution in [0.3, 0.4) is 0 Å². The lowest BCUT2D eigenvalue weighted by molar-refractivity contribution is -0.128. The van der Waals surface area contributed by atoms with E-state index in [4.69, 9.17) is 4.74 Å². The van der Waals surface area contributed by atoms with E-state index in [-0.39, 0.29) is 12.0 Å². The smallest absolute Gasteiger partial charge is 0.219 e. The van der Waals surface area contributed by atoms with Crippen LogP contribution in [0.2, 0.25) is 0 Å². The van der Waals surface area contributed by atoms with Crippen molar-refractivity contribution in [2.75, 3.05) is 32.8 Å². The Bertz CT molecular complexity index is 514. The van der Waals surface area contributed by atoms with Crippen molar-refractivity contribution in [1.29, 1.82) is 0 Å². The van der Waals surface area contributed by atoms with Crippen LogP contribution in [0.5, 0.6) is 0 Å². The van der Waals surface area contributed by atoms with E-state index in [1.807, 2.05) is 17.3 Å². The van der Waals surface area contributed by atoms with Crippen molar-refractivity contribution in [2.45, 2.75) is 45.3 Å². The summed E-state index contributed by atoms with van der Waals surface area (Å²) in [6, 6.07) is 0. The third-order valence-corrected chi connectivity index (χ3v) is 4.63. The molecule has 0 bridgehead atoms. The number of amides is 1. The molecule has 6 heteroatoms. The van der Waals surface area contributed by atoms with Gasteiger partial charge in [0.2, 0.25) is 5.91 Å². The highest BCUT2D eigenvalue weighted by molar-refractivity contribution is 5.73. The average molecular weight is 318 g/mol. The first-order valence-corrected chi connectivity index (χ1v) is 8.62. The summed E-state index contributed by atoms with van der Waals surface area (Å²) < 4.78 is 5.73. The van der Waals surface area contributed by atoms with Gasteiger partial charge in [-0.1, -0.05) is 0 Å². The largest absolute Gasteiger partial charge is 0.370 e. The van der Waals surface area contributed by atoms with Crippen LogP contribution in [0.4, 0.5) is 0 Å². The zero-order valence-corrected chi connectivity index (χ0v) is 13.9. The second kappa shape index (κ2) is 7.84. The van der Waals surface area contributed by atoms with E-state index < -0.39 is 0 Å². The summed E-state index contributed by atoms with van der Waals surface area (Å²) >= 11 is 0. The highest BCUT2D eigenvalue weighted by Crippen LogP contribution is 2.24. The molecule has 0 unspecified atom stereocenters. The third kappa shape index (κ3) is 4.48. The minimum absolute atomic E-state index is 0.0695. The van der Waals surface area contributed by atoms with Crippen LogP contribution < -0.4 is 0 Å². The first-order chi connectivity index (χ1) is 11.2. The lowest BCUT2D eigenvalue weighted by atomic mass is 10.1. The monoisotopic (exact) mass is 318 g/mol. The van der Waals surface area contributed by atoms with Crippen molar-refractivity contribution in [1.82, 2.24) is 19.8 Å². The van der Waals surface area contributed by atoms with Crippen molar-refractivity contribution in [3.63, 3.8) is 0 Å². The Morgan fingerprint density at radius 2 is 2.00 bits per heavy atom. The number of carbonyl (C=O) groups excluding carboxylic acids is 1. The molecule has 2 aliphatic heterocycles. The molecule has 1 amide bonds. The molecule has 126 valence electrons. The molecule has 0 saturated carbocycles. The lowest BCUT2D eigenvalue weighted by Crippen LogP contribution is -2.33. The van der Waals surface area contributed by atoms with Crippen molar-refractivity contribution >= 4 is 5.91 Å². The zero-order chi connectivity index (χ0) is 16.1. The molecule has 0 aromatic carbocycles. The molecule has 2 aliphatic rings. The van der Waals surface area contributed by atoms with E-state index in [2.05, 4.69) is 14.9 Å². The predicted molar refractivity (Wildman–Crippen MR) is 86.7 cm³/mol. The van der Waals surface area contributed by atoms with E-state index in [0.717, 1.165) is 70.0 Å². The van der Waals surface area contributed by atoms with Crippen LogP contribution in [0, 0.1) is 0 Å². The van der Waals surface area contributed by atoms with Crippen LogP contribution in [-0.2, 0) is 16.1 Å². The number of carbonyl (C=O) groups is 1. The number of aromatic nitrogens is 2. The number of ether oxygens (including phenoxy) is 1. The second-order valence-electron chi connectivity index (χ2n) is 6.44. The molecule has 3 heterocycles. The summed E-state index contributed by atoms with van der Waals surface area (Å²) in [4.78, 5) is 24.8. The van der Waals surface area contributed by atoms with Gasteiger partial charge in [-0.2, -0.15) is 0 Å². The summed E-state index contributed by atoms with van der Waals surface area (Å²) in [5.41, 5.74) is 1.13. The summed E-state index contributed by atoms with van der Waals surface area (Å²) in [6.07, 6.45) is 8.29. The highest BCUT2D eigenvalue weighted by Gasteiger charge is 2.19. The highest BCUT2D eigenvalue weighted by atomic mass is 16.5. The topological polar surface area (TPSA) is 58.6 Å². The maximum Gasteiger partial charge on any atom is 0.219 e. The van der Waals surface area contributed by atoms with Crippen molar-refractivity contribution in [3.8, 4) is 0 Å².